The van der Waals surface area contributed by atoms with Gasteiger partial charge in [-0.1, -0.05) is 35.3 Å². The highest BCUT2D eigenvalue weighted by Gasteiger charge is 2.33. The van der Waals surface area contributed by atoms with Crippen molar-refractivity contribution < 1.29 is 17.9 Å². The maximum Gasteiger partial charge on any atom is 0.224 e. The molecule has 3 rings (SSSR count). The van der Waals surface area contributed by atoms with Crippen molar-refractivity contribution in [3.8, 4) is 5.75 Å². The minimum absolute atomic E-state index is 0.147. The molecule has 1 aliphatic heterocycles. The number of carbonyl (C=O) groups is 1. The highest BCUT2D eigenvalue weighted by molar-refractivity contribution is 7.88. The molecule has 0 radical (unpaired) electrons. The highest BCUT2D eigenvalue weighted by atomic mass is 35.5. The van der Waals surface area contributed by atoms with Crippen molar-refractivity contribution in [1.82, 2.24) is 9.62 Å². The van der Waals surface area contributed by atoms with Crippen LogP contribution in [-0.2, 0) is 20.6 Å². The van der Waals surface area contributed by atoms with Crippen molar-refractivity contribution >= 4 is 39.1 Å². The lowest BCUT2D eigenvalue weighted by Gasteiger charge is -2.31. The summed E-state index contributed by atoms with van der Waals surface area (Å²) in [6, 6.07) is 10.8. The number of amides is 1. The lowest BCUT2D eigenvalue weighted by atomic mass is 9.99. The standard InChI is InChI=1S/C23H28Cl2N2O4S/c1-16-8-9-19(13-17(16)2)31-12-10-26-23(28)18-5-4-11-27(14-18)32(29,30)15-20-21(24)6-3-7-22(20)25/h3,6-9,13,18H,4-5,10-12,14-15H2,1-2H3,(H,26,28)/t18-/m0/s1. The van der Waals surface area contributed by atoms with Gasteiger partial charge in [0.05, 0.1) is 18.2 Å². The van der Waals surface area contributed by atoms with Gasteiger partial charge in [-0.25, -0.2) is 12.7 Å². The molecule has 0 unspecified atom stereocenters. The zero-order valence-corrected chi connectivity index (χ0v) is 20.6. The molecule has 1 saturated heterocycles. The summed E-state index contributed by atoms with van der Waals surface area (Å²) >= 11 is 12.3. The number of aryl methyl sites for hydroxylation is 2. The number of carbonyl (C=O) groups excluding carboxylic acids is 1. The van der Waals surface area contributed by atoms with Crippen LogP contribution in [0.15, 0.2) is 36.4 Å². The van der Waals surface area contributed by atoms with Crippen LogP contribution in [0.3, 0.4) is 0 Å². The zero-order chi connectivity index (χ0) is 23.3. The number of sulfonamides is 1. The first-order valence-corrected chi connectivity index (χ1v) is 12.9. The first-order valence-electron chi connectivity index (χ1n) is 10.6. The second-order valence-electron chi connectivity index (χ2n) is 8.04. The van der Waals surface area contributed by atoms with E-state index in [1.165, 1.54) is 9.87 Å². The van der Waals surface area contributed by atoms with Crippen molar-refractivity contribution in [3.05, 3.63) is 63.1 Å². The number of hydrogen-bond acceptors (Lipinski definition) is 4. The SMILES string of the molecule is Cc1ccc(OCCNC(=O)[C@H]2CCCN(S(=O)(=O)Cc3c(Cl)cccc3Cl)C2)cc1C. The van der Waals surface area contributed by atoms with Gasteiger partial charge < -0.3 is 10.1 Å². The van der Waals surface area contributed by atoms with E-state index in [1.807, 2.05) is 32.0 Å². The number of ether oxygens (including phenoxy) is 1. The van der Waals surface area contributed by atoms with E-state index in [0.29, 0.717) is 48.1 Å². The Morgan fingerprint density at radius 1 is 1.16 bits per heavy atom. The van der Waals surface area contributed by atoms with Crippen LogP contribution in [0.25, 0.3) is 0 Å². The molecule has 1 N–H and O–H groups in total. The molecular weight excluding hydrogens is 471 g/mol. The average Bonchev–Trinajstić information content (AvgIpc) is 2.76. The molecule has 1 heterocycles. The second kappa shape index (κ2) is 10.9. The van der Waals surface area contributed by atoms with Gasteiger partial charge in [0.2, 0.25) is 15.9 Å². The Morgan fingerprint density at radius 3 is 2.56 bits per heavy atom. The number of nitrogens with one attached hydrogen (secondary N) is 1. The maximum absolute atomic E-state index is 13.0. The summed E-state index contributed by atoms with van der Waals surface area (Å²) in [5, 5.41) is 3.49. The second-order valence-corrected chi connectivity index (χ2v) is 10.8. The summed E-state index contributed by atoms with van der Waals surface area (Å²) in [5.74, 6) is -0.0920. The van der Waals surface area contributed by atoms with Crippen LogP contribution in [0.5, 0.6) is 5.75 Å². The zero-order valence-electron chi connectivity index (χ0n) is 18.2. The summed E-state index contributed by atoms with van der Waals surface area (Å²) in [6.07, 6.45) is 1.26. The quantitative estimate of drug-likeness (QED) is 0.549. The van der Waals surface area contributed by atoms with E-state index in [4.69, 9.17) is 27.9 Å². The topological polar surface area (TPSA) is 75.7 Å². The van der Waals surface area contributed by atoms with Crippen LogP contribution in [0.1, 0.15) is 29.5 Å². The summed E-state index contributed by atoms with van der Waals surface area (Å²) < 4.78 is 33.0. The van der Waals surface area contributed by atoms with E-state index in [2.05, 4.69) is 5.32 Å². The molecule has 2 aromatic rings. The number of nitrogens with zero attached hydrogens (tertiary/aromatic N) is 1. The monoisotopic (exact) mass is 498 g/mol. The van der Waals surface area contributed by atoms with Crippen molar-refractivity contribution in [1.29, 1.82) is 0 Å². The Bertz CT molecular complexity index is 1060. The molecule has 0 bridgehead atoms. The Morgan fingerprint density at radius 2 is 1.88 bits per heavy atom. The third-order valence-electron chi connectivity index (χ3n) is 5.69. The van der Waals surface area contributed by atoms with Crippen molar-refractivity contribution in [2.45, 2.75) is 32.4 Å². The van der Waals surface area contributed by atoms with Crippen molar-refractivity contribution in [2.24, 2.45) is 5.92 Å². The molecule has 9 heteroatoms. The first kappa shape index (κ1) is 24.8. The molecule has 1 amide bonds. The van der Waals surface area contributed by atoms with E-state index in [1.54, 1.807) is 18.2 Å². The van der Waals surface area contributed by atoms with Gasteiger partial charge in [-0.3, -0.25) is 4.79 Å². The third kappa shape index (κ3) is 6.38. The van der Waals surface area contributed by atoms with Gasteiger partial charge >= 0.3 is 0 Å². The van der Waals surface area contributed by atoms with Gasteiger partial charge in [0.25, 0.3) is 0 Å². The molecule has 1 aliphatic rings. The van der Waals surface area contributed by atoms with Crippen LogP contribution in [0.2, 0.25) is 10.0 Å². The van der Waals surface area contributed by atoms with Gasteiger partial charge in [0.15, 0.2) is 0 Å². The fourth-order valence-corrected chi connectivity index (χ4v) is 6.01. The number of piperidine rings is 1. The van der Waals surface area contributed by atoms with Crippen LogP contribution < -0.4 is 10.1 Å². The van der Waals surface area contributed by atoms with Gasteiger partial charge in [-0.2, -0.15) is 0 Å². The third-order valence-corrected chi connectivity index (χ3v) is 8.17. The highest BCUT2D eigenvalue weighted by Crippen LogP contribution is 2.29. The maximum atomic E-state index is 13.0. The molecule has 2 aromatic carbocycles. The molecule has 0 saturated carbocycles. The molecule has 32 heavy (non-hydrogen) atoms. The van der Waals surface area contributed by atoms with E-state index in [9.17, 15) is 13.2 Å². The fraction of sp³-hybridized carbons (Fsp3) is 0.435. The summed E-state index contributed by atoms with van der Waals surface area (Å²) in [6.45, 7) is 5.28. The molecule has 0 spiro atoms. The Kier molecular flexibility index (Phi) is 8.44. The first-order chi connectivity index (χ1) is 15.2. The Labute approximate surface area is 199 Å². The van der Waals surface area contributed by atoms with E-state index in [0.717, 1.165) is 11.3 Å². The molecule has 174 valence electrons. The summed E-state index contributed by atoms with van der Waals surface area (Å²) in [5.41, 5.74) is 2.72. The molecule has 1 atom stereocenters. The number of hydrogen-bond donors (Lipinski definition) is 1. The number of halogens is 2. The van der Waals surface area contributed by atoms with Crippen molar-refractivity contribution in [2.75, 3.05) is 26.2 Å². The average molecular weight is 499 g/mol. The van der Waals surface area contributed by atoms with Crippen molar-refractivity contribution in [3.63, 3.8) is 0 Å². The normalized spacial score (nSPS) is 17.2. The van der Waals surface area contributed by atoms with Crippen LogP contribution in [0, 0.1) is 19.8 Å². The smallest absolute Gasteiger partial charge is 0.224 e. The minimum Gasteiger partial charge on any atom is -0.492 e. The minimum atomic E-state index is -3.66. The lowest BCUT2D eigenvalue weighted by molar-refractivity contribution is -0.126. The van der Waals surface area contributed by atoms with Gasteiger partial charge in [-0.15, -0.1) is 0 Å². The molecular formula is C23H28Cl2N2O4S. The van der Waals surface area contributed by atoms with Gasteiger partial charge in [-0.05, 0) is 62.1 Å². The van der Waals surface area contributed by atoms with E-state index in [-0.39, 0.29) is 18.2 Å². The number of benzene rings is 2. The summed E-state index contributed by atoms with van der Waals surface area (Å²) in [7, 11) is -3.66. The van der Waals surface area contributed by atoms with Crippen LogP contribution in [-0.4, -0.2) is 44.9 Å². The lowest BCUT2D eigenvalue weighted by Crippen LogP contribution is -2.46. The molecule has 6 nitrogen and oxygen atoms in total. The van der Waals surface area contributed by atoms with Gasteiger partial charge in [0.1, 0.15) is 12.4 Å². The number of rotatable bonds is 8. The fourth-order valence-electron chi connectivity index (χ4n) is 3.64. The largest absolute Gasteiger partial charge is 0.492 e. The van der Waals surface area contributed by atoms with E-state index < -0.39 is 15.9 Å². The molecule has 1 fully saturated rings. The Hall–Kier alpha value is -1.80. The van der Waals surface area contributed by atoms with Crippen LogP contribution in [0.4, 0.5) is 0 Å². The molecule has 0 aromatic heterocycles. The van der Waals surface area contributed by atoms with E-state index >= 15 is 0 Å². The molecule has 0 aliphatic carbocycles. The predicted octanol–water partition coefficient (Wildman–Crippen LogP) is 4.35. The summed E-state index contributed by atoms with van der Waals surface area (Å²) in [4.78, 5) is 12.6. The Balaban J connectivity index is 1.52. The predicted molar refractivity (Wildman–Crippen MR) is 128 cm³/mol. The van der Waals surface area contributed by atoms with Gasteiger partial charge in [0, 0.05) is 28.7 Å². The van der Waals surface area contributed by atoms with Crippen LogP contribution >= 0.6 is 23.2 Å².